The zero-order valence-electron chi connectivity index (χ0n) is 16.7. The minimum Gasteiger partial charge on any atom is -0.258 e. The molecule has 0 atom stereocenters. The Bertz CT molecular complexity index is 1160. The van der Waals surface area contributed by atoms with E-state index in [2.05, 4.69) is 0 Å². The zero-order valence-corrected chi connectivity index (χ0v) is 18.3. The predicted molar refractivity (Wildman–Crippen MR) is 112 cm³/mol. The summed E-state index contributed by atoms with van der Waals surface area (Å²) in [5, 5.41) is 11.1. The number of benzene rings is 2. The highest BCUT2D eigenvalue weighted by Crippen LogP contribution is 2.28. The number of sulfonamides is 2. The van der Waals surface area contributed by atoms with Crippen molar-refractivity contribution in [2.45, 2.75) is 24.5 Å². The number of nitro groups is 1. The van der Waals surface area contributed by atoms with Gasteiger partial charge in [-0.1, -0.05) is 30.3 Å². The lowest BCUT2D eigenvalue weighted by molar-refractivity contribution is -0.385. The molecule has 1 aliphatic rings. The average molecular weight is 454 g/mol. The van der Waals surface area contributed by atoms with Crippen molar-refractivity contribution < 1.29 is 21.8 Å². The van der Waals surface area contributed by atoms with Gasteiger partial charge in [0.25, 0.3) is 5.69 Å². The molecule has 1 heterocycles. The summed E-state index contributed by atoms with van der Waals surface area (Å²) >= 11 is 0. The molecule has 0 N–H and O–H groups in total. The summed E-state index contributed by atoms with van der Waals surface area (Å²) in [5.41, 5.74) is 1.32. The van der Waals surface area contributed by atoms with Gasteiger partial charge in [0.05, 0.1) is 15.6 Å². The third-order valence-corrected chi connectivity index (χ3v) is 9.09. The topological polar surface area (TPSA) is 118 Å². The first kappa shape index (κ1) is 22.3. The Kier molecular flexibility index (Phi) is 6.27. The molecule has 9 nitrogen and oxygen atoms in total. The molecule has 162 valence electrons. The summed E-state index contributed by atoms with van der Waals surface area (Å²) in [4.78, 5) is 10.4. The maximum atomic E-state index is 13.1. The lowest BCUT2D eigenvalue weighted by Gasteiger charge is -2.33. The van der Waals surface area contributed by atoms with E-state index in [4.69, 9.17) is 0 Å². The Morgan fingerprint density at radius 1 is 0.933 bits per heavy atom. The third kappa shape index (κ3) is 4.53. The maximum absolute atomic E-state index is 13.1. The number of piperazine rings is 1. The van der Waals surface area contributed by atoms with E-state index in [0.717, 1.165) is 6.07 Å². The Balaban J connectivity index is 1.78. The molecule has 0 spiro atoms. The fourth-order valence-corrected chi connectivity index (χ4v) is 6.64. The van der Waals surface area contributed by atoms with Crippen molar-refractivity contribution in [2.75, 3.05) is 26.2 Å². The van der Waals surface area contributed by atoms with Crippen molar-refractivity contribution in [1.82, 2.24) is 8.61 Å². The van der Waals surface area contributed by atoms with Crippen LogP contribution in [0.1, 0.15) is 16.7 Å². The summed E-state index contributed by atoms with van der Waals surface area (Å²) in [6.07, 6.45) is 0. The van der Waals surface area contributed by atoms with Crippen LogP contribution in [-0.4, -0.2) is 56.5 Å². The molecule has 0 aliphatic carbocycles. The van der Waals surface area contributed by atoms with Crippen LogP contribution < -0.4 is 0 Å². The summed E-state index contributed by atoms with van der Waals surface area (Å²) < 4.78 is 54.1. The molecule has 0 unspecified atom stereocenters. The molecule has 0 radical (unpaired) electrons. The number of aryl methyl sites for hydroxylation is 1. The third-order valence-electron chi connectivity index (χ3n) is 5.22. The van der Waals surface area contributed by atoms with E-state index in [0.29, 0.717) is 16.7 Å². The van der Waals surface area contributed by atoms with Gasteiger partial charge in [-0.25, -0.2) is 16.8 Å². The molecule has 0 amide bonds. The van der Waals surface area contributed by atoms with E-state index in [-0.39, 0.29) is 42.5 Å². The van der Waals surface area contributed by atoms with E-state index in [9.17, 15) is 26.9 Å². The van der Waals surface area contributed by atoms with Gasteiger partial charge in [-0.2, -0.15) is 8.61 Å². The number of rotatable bonds is 6. The van der Waals surface area contributed by atoms with Crippen molar-refractivity contribution in [1.29, 1.82) is 0 Å². The second kappa shape index (κ2) is 8.42. The molecule has 11 heteroatoms. The van der Waals surface area contributed by atoms with Crippen LogP contribution in [0.5, 0.6) is 0 Å². The number of nitro benzene ring substituents is 1. The van der Waals surface area contributed by atoms with Gasteiger partial charge in [0, 0.05) is 38.3 Å². The molecule has 2 aromatic carbocycles. The Hall–Kier alpha value is -2.34. The molecule has 1 saturated heterocycles. The molecule has 1 aliphatic heterocycles. The number of non-ortho nitro benzene ring substituents is 1. The van der Waals surface area contributed by atoms with E-state index >= 15 is 0 Å². The number of nitrogens with zero attached hydrogens (tertiary/aromatic N) is 3. The molecule has 30 heavy (non-hydrogen) atoms. The largest absolute Gasteiger partial charge is 0.271 e. The van der Waals surface area contributed by atoms with Crippen LogP contribution in [0.3, 0.4) is 0 Å². The molecule has 0 bridgehead atoms. The van der Waals surface area contributed by atoms with Gasteiger partial charge in [-0.05, 0) is 30.5 Å². The Morgan fingerprint density at radius 3 is 2.07 bits per heavy atom. The van der Waals surface area contributed by atoms with Crippen LogP contribution in [0.15, 0.2) is 47.4 Å². The summed E-state index contributed by atoms with van der Waals surface area (Å²) in [6.45, 7) is 3.25. The van der Waals surface area contributed by atoms with Gasteiger partial charge < -0.3 is 0 Å². The van der Waals surface area contributed by atoms with Gasteiger partial charge >= 0.3 is 0 Å². The van der Waals surface area contributed by atoms with E-state index < -0.39 is 25.0 Å². The molecule has 0 saturated carbocycles. The highest BCUT2D eigenvalue weighted by molar-refractivity contribution is 7.89. The first-order valence-corrected chi connectivity index (χ1v) is 12.3. The molecule has 2 aromatic rings. The first-order chi connectivity index (χ1) is 14.0. The Morgan fingerprint density at radius 2 is 1.50 bits per heavy atom. The number of hydrogen-bond donors (Lipinski definition) is 0. The lowest BCUT2D eigenvalue weighted by atomic mass is 10.1. The predicted octanol–water partition coefficient (Wildman–Crippen LogP) is 2.05. The second-order valence-electron chi connectivity index (χ2n) is 7.19. The second-order valence-corrected chi connectivity index (χ2v) is 11.1. The van der Waals surface area contributed by atoms with Gasteiger partial charge in [0.1, 0.15) is 0 Å². The van der Waals surface area contributed by atoms with Gasteiger partial charge in [-0.3, -0.25) is 10.1 Å². The quantitative estimate of drug-likeness (QED) is 0.488. The average Bonchev–Trinajstić information content (AvgIpc) is 2.70. The maximum Gasteiger partial charge on any atom is 0.271 e. The normalized spacial score (nSPS) is 16.5. The summed E-state index contributed by atoms with van der Waals surface area (Å²) in [6, 6.07) is 11.2. The first-order valence-electron chi connectivity index (χ1n) is 9.30. The smallest absolute Gasteiger partial charge is 0.258 e. The molecule has 0 aromatic heterocycles. The molecular weight excluding hydrogens is 430 g/mol. The van der Waals surface area contributed by atoms with Crippen LogP contribution in [0.2, 0.25) is 0 Å². The fraction of sp³-hybridized carbons (Fsp3) is 0.368. The van der Waals surface area contributed by atoms with Gasteiger partial charge in [0.2, 0.25) is 20.0 Å². The summed E-state index contributed by atoms with van der Waals surface area (Å²) in [5.74, 6) is -0.149. The van der Waals surface area contributed by atoms with Crippen LogP contribution in [-0.2, 0) is 25.8 Å². The standard InChI is InChI=1S/C19H23N3O6S2/c1-15-12-18(22(23)24)13-19(16(15)2)30(27,28)21-10-8-20(9-11-21)29(25,26)14-17-6-4-3-5-7-17/h3-7,12-13H,8-11,14H2,1-2H3. The van der Waals surface area contributed by atoms with Crippen LogP contribution >= 0.6 is 0 Å². The zero-order chi connectivity index (χ0) is 22.1. The van der Waals surface area contributed by atoms with Gasteiger partial charge in [0.15, 0.2) is 0 Å². The van der Waals surface area contributed by atoms with Crippen LogP contribution in [0.25, 0.3) is 0 Å². The van der Waals surface area contributed by atoms with Crippen LogP contribution in [0, 0.1) is 24.0 Å². The lowest BCUT2D eigenvalue weighted by Crippen LogP contribution is -2.50. The Labute approximate surface area is 176 Å². The summed E-state index contributed by atoms with van der Waals surface area (Å²) in [7, 11) is -7.57. The highest BCUT2D eigenvalue weighted by atomic mass is 32.2. The minimum atomic E-state index is -3.99. The van der Waals surface area contributed by atoms with Crippen molar-refractivity contribution in [3.8, 4) is 0 Å². The van der Waals surface area contributed by atoms with Crippen LogP contribution in [0.4, 0.5) is 5.69 Å². The molecule has 1 fully saturated rings. The van der Waals surface area contributed by atoms with Crippen molar-refractivity contribution in [3.05, 3.63) is 69.3 Å². The highest BCUT2D eigenvalue weighted by Gasteiger charge is 2.34. The molecule has 3 rings (SSSR count). The molecular formula is C19H23N3O6S2. The van der Waals surface area contributed by atoms with E-state index in [1.54, 1.807) is 44.2 Å². The van der Waals surface area contributed by atoms with Crippen molar-refractivity contribution >= 4 is 25.7 Å². The fourth-order valence-electron chi connectivity index (χ4n) is 3.39. The number of hydrogen-bond acceptors (Lipinski definition) is 6. The SMILES string of the molecule is Cc1cc([N+](=O)[O-])cc(S(=O)(=O)N2CCN(S(=O)(=O)Cc3ccccc3)CC2)c1C. The van der Waals surface area contributed by atoms with E-state index in [1.165, 1.54) is 14.7 Å². The van der Waals surface area contributed by atoms with Gasteiger partial charge in [-0.15, -0.1) is 0 Å². The minimum absolute atomic E-state index is 0.0163. The monoisotopic (exact) mass is 453 g/mol. The van der Waals surface area contributed by atoms with Crippen molar-refractivity contribution in [3.63, 3.8) is 0 Å². The van der Waals surface area contributed by atoms with Crippen molar-refractivity contribution in [2.24, 2.45) is 0 Å². The van der Waals surface area contributed by atoms with E-state index in [1.807, 2.05) is 0 Å².